The maximum atomic E-state index is 9.95. The lowest BCUT2D eigenvalue weighted by molar-refractivity contribution is 0.0885. The highest BCUT2D eigenvalue weighted by Gasteiger charge is 2.19. The smallest absolute Gasteiger partial charge is 0.224 e. The Labute approximate surface area is 113 Å². The third kappa shape index (κ3) is 3.12. The molecule has 0 unspecified atom stereocenters. The van der Waals surface area contributed by atoms with Crippen molar-refractivity contribution < 1.29 is 5.11 Å². The lowest BCUT2D eigenvalue weighted by Gasteiger charge is -2.27. The van der Waals surface area contributed by atoms with Crippen molar-refractivity contribution in [3.63, 3.8) is 0 Å². The summed E-state index contributed by atoms with van der Waals surface area (Å²) in [6.07, 6.45) is 0. The molecule has 0 fully saturated rings. The van der Waals surface area contributed by atoms with Gasteiger partial charge < -0.3 is 15.3 Å². The van der Waals surface area contributed by atoms with E-state index in [0.29, 0.717) is 12.5 Å². The monoisotopic (exact) mass is 260 g/mol. The fourth-order valence-corrected chi connectivity index (χ4v) is 2.12. The Kier molecular flexibility index (Phi) is 3.57. The van der Waals surface area contributed by atoms with Crippen molar-refractivity contribution in [3.8, 4) is 0 Å². The molecule has 0 atom stereocenters. The van der Waals surface area contributed by atoms with Crippen LogP contribution in [0.2, 0.25) is 0 Å². The van der Waals surface area contributed by atoms with Crippen molar-refractivity contribution in [2.75, 3.05) is 30.9 Å². The number of rotatable bonds is 4. The Hall–Kier alpha value is -1.88. The quantitative estimate of drug-likeness (QED) is 0.879. The predicted octanol–water partition coefficient (Wildman–Crippen LogP) is 1.88. The number of para-hydroxylation sites is 1. The van der Waals surface area contributed by atoms with E-state index in [1.807, 2.05) is 36.2 Å². The van der Waals surface area contributed by atoms with E-state index in [4.69, 9.17) is 0 Å². The van der Waals surface area contributed by atoms with E-state index < -0.39 is 5.60 Å². The topological polar surface area (TPSA) is 61.3 Å². The molecule has 0 saturated carbocycles. The number of benzene rings is 1. The number of hydrogen-bond donors (Lipinski definition) is 2. The van der Waals surface area contributed by atoms with Gasteiger partial charge in [0.2, 0.25) is 5.95 Å². The molecule has 1 aromatic heterocycles. The van der Waals surface area contributed by atoms with Crippen LogP contribution in [0.1, 0.15) is 13.8 Å². The molecule has 2 rings (SSSR count). The Morgan fingerprint density at radius 2 is 1.95 bits per heavy atom. The molecule has 0 aliphatic rings. The minimum atomic E-state index is -0.777. The molecular weight excluding hydrogens is 240 g/mol. The third-order valence-electron chi connectivity index (χ3n) is 2.79. The van der Waals surface area contributed by atoms with E-state index in [1.165, 1.54) is 0 Å². The SMILES string of the molecule is CNc1nc(N(C)CC(C)(C)O)c2ccccc2n1. The van der Waals surface area contributed by atoms with Crippen molar-refractivity contribution in [3.05, 3.63) is 24.3 Å². The number of nitrogens with zero attached hydrogens (tertiary/aromatic N) is 3. The number of hydrogen-bond acceptors (Lipinski definition) is 5. The third-order valence-corrected chi connectivity index (χ3v) is 2.79. The first-order valence-electron chi connectivity index (χ1n) is 6.29. The van der Waals surface area contributed by atoms with Crippen molar-refractivity contribution in [1.29, 1.82) is 0 Å². The van der Waals surface area contributed by atoms with Crippen LogP contribution in [0.15, 0.2) is 24.3 Å². The molecule has 2 aromatic rings. The van der Waals surface area contributed by atoms with Gasteiger partial charge >= 0.3 is 0 Å². The molecular formula is C14H20N4O. The van der Waals surface area contributed by atoms with Crippen molar-refractivity contribution in [2.24, 2.45) is 0 Å². The number of nitrogens with one attached hydrogen (secondary N) is 1. The lowest BCUT2D eigenvalue weighted by Crippen LogP contribution is -2.36. The van der Waals surface area contributed by atoms with Crippen LogP contribution in [0.25, 0.3) is 10.9 Å². The van der Waals surface area contributed by atoms with Crippen molar-refractivity contribution >= 4 is 22.7 Å². The Morgan fingerprint density at radius 1 is 1.26 bits per heavy atom. The van der Waals surface area contributed by atoms with Crippen molar-refractivity contribution in [1.82, 2.24) is 9.97 Å². The maximum absolute atomic E-state index is 9.95. The van der Waals surface area contributed by atoms with E-state index in [2.05, 4.69) is 15.3 Å². The van der Waals surface area contributed by atoms with Gasteiger partial charge in [-0.15, -0.1) is 0 Å². The largest absolute Gasteiger partial charge is 0.389 e. The van der Waals surface area contributed by atoms with E-state index in [1.54, 1.807) is 20.9 Å². The summed E-state index contributed by atoms with van der Waals surface area (Å²) in [6.45, 7) is 4.06. The van der Waals surface area contributed by atoms with Crippen LogP contribution in [-0.4, -0.2) is 41.3 Å². The molecule has 1 aromatic carbocycles. The highest BCUT2D eigenvalue weighted by atomic mass is 16.3. The van der Waals surface area contributed by atoms with Gasteiger partial charge in [0.15, 0.2) is 0 Å². The molecule has 0 aliphatic heterocycles. The van der Waals surface area contributed by atoms with E-state index in [0.717, 1.165) is 16.7 Å². The number of aromatic nitrogens is 2. The van der Waals surface area contributed by atoms with Gasteiger partial charge in [-0.05, 0) is 26.0 Å². The zero-order valence-electron chi connectivity index (χ0n) is 11.8. The first-order chi connectivity index (χ1) is 8.90. The molecule has 5 nitrogen and oxygen atoms in total. The fraction of sp³-hybridized carbons (Fsp3) is 0.429. The second-order valence-electron chi connectivity index (χ2n) is 5.31. The fourth-order valence-electron chi connectivity index (χ4n) is 2.12. The summed E-state index contributed by atoms with van der Waals surface area (Å²) in [5, 5.41) is 13.9. The second-order valence-corrected chi connectivity index (χ2v) is 5.31. The summed E-state index contributed by atoms with van der Waals surface area (Å²) in [6, 6.07) is 7.87. The normalized spacial score (nSPS) is 11.6. The van der Waals surface area contributed by atoms with Gasteiger partial charge in [0.1, 0.15) is 5.82 Å². The average Bonchev–Trinajstić information content (AvgIpc) is 2.35. The van der Waals surface area contributed by atoms with E-state index in [-0.39, 0.29) is 0 Å². The molecule has 0 aliphatic carbocycles. The molecule has 1 heterocycles. The molecule has 0 amide bonds. The Balaban J connectivity index is 2.51. The average molecular weight is 260 g/mol. The van der Waals surface area contributed by atoms with Crippen LogP contribution in [0.4, 0.5) is 11.8 Å². The molecule has 0 bridgehead atoms. The number of aliphatic hydroxyl groups is 1. The number of fused-ring (bicyclic) bond motifs is 1. The lowest BCUT2D eigenvalue weighted by atomic mass is 10.1. The summed E-state index contributed by atoms with van der Waals surface area (Å²) >= 11 is 0. The van der Waals surface area contributed by atoms with Crippen LogP contribution < -0.4 is 10.2 Å². The molecule has 0 saturated heterocycles. The first kappa shape index (κ1) is 13.5. The number of likely N-dealkylation sites (N-methyl/N-ethyl adjacent to an activating group) is 1. The predicted molar refractivity (Wildman–Crippen MR) is 78.7 cm³/mol. The van der Waals surface area contributed by atoms with Crippen LogP contribution in [0, 0.1) is 0 Å². The van der Waals surface area contributed by atoms with Gasteiger partial charge in [0.05, 0.1) is 11.1 Å². The summed E-state index contributed by atoms with van der Waals surface area (Å²) in [5.41, 5.74) is 0.111. The van der Waals surface area contributed by atoms with Gasteiger partial charge in [0.25, 0.3) is 0 Å². The minimum absolute atomic E-state index is 0.497. The standard InChI is InChI=1S/C14H20N4O/c1-14(2,19)9-18(4)12-10-7-5-6-8-11(10)16-13(15-3)17-12/h5-8,19H,9H2,1-4H3,(H,15,16,17). The van der Waals surface area contributed by atoms with Gasteiger partial charge in [-0.3, -0.25) is 0 Å². The second kappa shape index (κ2) is 5.01. The highest BCUT2D eigenvalue weighted by molar-refractivity contribution is 5.90. The molecule has 5 heteroatoms. The zero-order chi connectivity index (χ0) is 14.0. The van der Waals surface area contributed by atoms with Gasteiger partial charge in [-0.25, -0.2) is 4.98 Å². The highest BCUT2D eigenvalue weighted by Crippen LogP contribution is 2.25. The van der Waals surface area contributed by atoms with Crippen LogP contribution in [0.3, 0.4) is 0 Å². The zero-order valence-corrected chi connectivity index (χ0v) is 11.8. The van der Waals surface area contributed by atoms with Crippen LogP contribution in [-0.2, 0) is 0 Å². The Bertz CT molecular complexity index is 577. The summed E-state index contributed by atoms with van der Waals surface area (Å²) in [5.74, 6) is 1.40. The first-order valence-corrected chi connectivity index (χ1v) is 6.29. The number of anilines is 2. The minimum Gasteiger partial charge on any atom is -0.389 e. The maximum Gasteiger partial charge on any atom is 0.224 e. The Morgan fingerprint density at radius 3 is 2.58 bits per heavy atom. The van der Waals surface area contributed by atoms with E-state index in [9.17, 15) is 5.11 Å². The molecule has 0 spiro atoms. The molecule has 102 valence electrons. The van der Waals surface area contributed by atoms with Crippen LogP contribution in [0.5, 0.6) is 0 Å². The van der Waals surface area contributed by atoms with Crippen LogP contribution >= 0.6 is 0 Å². The molecule has 19 heavy (non-hydrogen) atoms. The van der Waals surface area contributed by atoms with E-state index >= 15 is 0 Å². The summed E-state index contributed by atoms with van der Waals surface area (Å²) < 4.78 is 0. The molecule has 0 radical (unpaired) electrons. The van der Waals surface area contributed by atoms with Gasteiger partial charge in [0, 0.05) is 26.0 Å². The van der Waals surface area contributed by atoms with Crippen molar-refractivity contribution in [2.45, 2.75) is 19.4 Å². The van der Waals surface area contributed by atoms with Gasteiger partial charge in [-0.2, -0.15) is 4.98 Å². The van der Waals surface area contributed by atoms with Gasteiger partial charge in [-0.1, -0.05) is 12.1 Å². The molecule has 2 N–H and O–H groups in total. The summed E-state index contributed by atoms with van der Waals surface area (Å²) in [4.78, 5) is 10.9. The summed E-state index contributed by atoms with van der Waals surface area (Å²) in [7, 11) is 3.72.